The van der Waals surface area contributed by atoms with Crippen LogP contribution in [0.1, 0.15) is 32.1 Å². The van der Waals surface area contributed by atoms with Crippen LogP contribution in [0.15, 0.2) is 30.5 Å². The lowest BCUT2D eigenvalue weighted by Crippen LogP contribution is -2.17. The number of nitrogens with zero attached hydrogens (tertiary/aromatic N) is 1. The van der Waals surface area contributed by atoms with Gasteiger partial charge < -0.3 is 10.6 Å². The molecule has 0 amide bonds. The van der Waals surface area contributed by atoms with E-state index in [0.717, 1.165) is 34.7 Å². The van der Waals surface area contributed by atoms with Gasteiger partial charge in [-0.05, 0) is 37.0 Å². The number of nitrogens with one attached hydrogen (secondary N) is 3. The summed E-state index contributed by atoms with van der Waals surface area (Å²) in [6.07, 6.45) is 8.58. The summed E-state index contributed by atoms with van der Waals surface area (Å²) in [5.41, 5.74) is 1.91. The summed E-state index contributed by atoms with van der Waals surface area (Å²) in [7, 11) is 0. The molecule has 1 fully saturated rings. The first-order valence-electron chi connectivity index (χ1n) is 7.61. The number of anilines is 3. The third kappa shape index (κ3) is 3.91. The number of halogens is 1. The van der Waals surface area contributed by atoms with E-state index >= 15 is 0 Å². The van der Waals surface area contributed by atoms with Crippen LogP contribution in [0.2, 0.25) is 5.02 Å². The summed E-state index contributed by atoms with van der Waals surface area (Å²) >= 11 is 6.01. The maximum absolute atomic E-state index is 6.01. The zero-order valence-corrected chi connectivity index (χ0v) is 12.8. The predicted molar refractivity (Wildman–Crippen MR) is 88.4 cm³/mol. The summed E-state index contributed by atoms with van der Waals surface area (Å²) in [5.74, 6) is 1.72. The number of rotatable bonds is 5. The molecular weight excluding hydrogens is 284 g/mol. The van der Waals surface area contributed by atoms with Crippen LogP contribution in [0, 0.1) is 5.92 Å². The van der Waals surface area contributed by atoms with Gasteiger partial charge in [0.2, 0.25) is 0 Å². The van der Waals surface area contributed by atoms with E-state index < -0.39 is 0 Å². The Morgan fingerprint density at radius 1 is 1.24 bits per heavy atom. The van der Waals surface area contributed by atoms with Crippen LogP contribution in [0.3, 0.4) is 0 Å². The summed E-state index contributed by atoms with van der Waals surface area (Å²) in [6, 6.07) is 7.69. The molecular formula is C16H21ClN4. The second-order valence-electron chi connectivity index (χ2n) is 5.68. The molecule has 3 rings (SSSR count). The molecule has 1 aliphatic carbocycles. The molecule has 1 aromatic heterocycles. The fourth-order valence-electron chi connectivity index (χ4n) is 2.88. The van der Waals surface area contributed by atoms with Gasteiger partial charge in [-0.3, -0.25) is 5.10 Å². The van der Waals surface area contributed by atoms with E-state index in [1.165, 1.54) is 32.1 Å². The van der Waals surface area contributed by atoms with Crippen LogP contribution in [0.25, 0.3) is 0 Å². The number of benzene rings is 1. The van der Waals surface area contributed by atoms with Crippen LogP contribution in [0.5, 0.6) is 0 Å². The molecule has 5 heteroatoms. The van der Waals surface area contributed by atoms with Gasteiger partial charge in [0.15, 0.2) is 0 Å². The molecule has 1 aliphatic rings. The Hall–Kier alpha value is -1.68. The van der Waals surface area contributed by atoms with E-state index in [4.69, 9.17) is 11.6 Å². The minimum atomic E-state index is 0.722. The Morgan fingerprint density at radius 2 is 2.10 bits per heavy atom. The van der Waals surface area contributed by atoms with Crippen molar-refractivity contribution in [2.24, 2.45) is 5.92 Å². The van der Waals surface area contributed by atoms with E-state index in [-0.39, 0.29) is 0 Å². The summed E-state index contributed by atoms with van der Waals surface area (Å²) in [4.78, 5) is 0. The monoisotopic (exact) mass is 304 g/mol. The smallest absolute Gasteiger partial charge is 0.145 e. The fraction of sp³-hybridized carbons (Fsp3) is 0.438. The first-order chi connectivity index (χ1) is 10.3. The highest BCUT2D eigenvalue weighted by molar-refractivity contribution is 6.30. The van der Waals surface area contributed by atoms with Gasteiger partial charge in [-0.25, -0.2) is 0 Å². The molecule has 0 aliphatic heterocycles. The molecule has 3 N–H and O–H groups in total. The van der Waals surface area contributed by atoms with Crippen LogP contribution >= 0.6 is 11.6 Å². The number of hydrogen-bond donors (Lipinski definition) is 3. The fourth-order valence-corrected chi connectivity index (χ4v) is 3.07. The lowest BCUT2D eigenvalue weighted by Gasteiger charge is -2.22. The average molecular weight is 305 g/mol. The van der Waals surface area contributed by atoms with Crippen molar-refractivity contribution >= 4 is 28.8 Å². The van der Waals surface area contributed by atoms with Gasteiger partial charge >= 0.3 is 0 Å². The van der Waals surface area contributed by atoms with E-state index in [2.05, 4.69) is 20.8 Å². The molecule has 0 saturated heterocycles. The van der Waals surface area contributed by atoms with Crippen molar-refractivity contribution in [1.29, 1.82) is 0 Å². The number of H-pyrrole nitrogens is 1. The molecule has 0 atom stereocenters. The molecule has 1 aromatic carbocycles. The highest BCUT2D eigenvalue weighted by atomic mass is 35.5. The molecule has 0 bridgehead atoms. The Balaban J connectivity index is 1.60. The Bertz CT molecular complexity index is 575. The lowest BCUT2D eigenvalue weighted by molar-refractivity contribution is 0.373. The van der Waals surface area contributed by atoms with Gasteiger partial charge in [0.05, 0.1) is 6.20 Å². The molecule has 1 saturated carbocycles. The van der Waals surface area contributed by atoms with Crippen LogP contribution in [-0.2, 0) is 0 Å². The minimum absolute atomic E-state index is 0.722. The van der Waals surface area contributed by atoms with Crippen LogP contribution < -0.4 is 10.6 Å². The van der Waals surface area contributed by atoms with Crippen molar-refractivity contribution in [2.45, 2.75) is 32.1 Å². The van der Waals surface area contributed by atoms with Gasteiger partial charge in [-0.2, -0.15) is 5.10 Å². The van der Waals surface area contributed by atoms with Crippen molar-refractivity contribution in [3.05, 3.63) is 35.5 Å². The van der Waals surface area contributed by atoms with Gasteiger partial charge in [-0.15, -0.1) is 0 Å². The van der Waals surface area contributed by atoms with Crippen molar-refractivity contribution in [2.75, 3.05) is 17.2 Å². The molecule has 0 radical (unpaired) electrons. The molecule has 1 heterocycles. The second kappa shape index (κ2) is 6.85. The molecule has 21 heavy (non-hydrogen) atoms. The van der Waals surface area contributed by atoms with Gasteiger partial charge in [0.25, 0.3) is 0 Å². The van der Waals surface area contributed by atoms with E-state index in [0.29, 0.717) is 0 Å². The van der Waals surface area contributed by atoms with Crippen molar-refractivity contribution in [3.63, 3.8) is 0 Å². The number of hydrogen-bond acceptors (Lipinski definition) is 3. The highest BCUT2D eigenvalue weighted by Gasteiger charge is 2.14. The largest absolute Gasteiger partial charge is 0.368 e. The normalized spacial score (nSPS) is 15.9. The van der Waals surface area contributed by atoms with Crippen molar-refractivity contribution in [3.8, 4) is 0 Å². The van der Waals surface area contributed by atoms with Crippen LogP contribution in [0.4, 0.5) is 17.2 Å². The summed E-state index contributed by atoms with van der Waals surface area (Å²) in [6.45, 7) is 1.01. The average Bonchev–Trinajstić information content (AvgIpc) is 2.93. The van der Waals surface area contributed by atoms with Crippen molar-refractivity contribution < 1.29 is 0 Å². The number of aromatic nitrogens is 2. The quantitative estimate of drug-likeness (QED) is 0.744. The first-order valence-corrected chi connectivity index (χ1v) is 7.99. The third-order valence-corrected chi connectivity index (χ3v) is 4.27. The maximum Gasteiger partial charge on any atom is 0.145 e. The third-order valence-electron chi connectivity index (χ3n) is 4.04. The Morgan fingerprint density at radius 3 is 2.90 bits per heavy atom. The summed E-state index contributed by atoms with van der Waals surface area (Å²) in [5, 5.41) is 14.7. The lowest BCUT2D eigenvalue weighted by atomic mass is 9.89. The zero-order valence-electron chi connectivity index (χ0n) is 12.0. The SMILES string of the molecule is Clc1cccc(Nc2cn[nH]c2NCC2CCCCC2)c1. The number of aromatic amines is 1. The van der Waals surface area contributed by atoms with E-state index in [9.17, 15) is 0 Å². The standard InChI is InChI=1S/C16H21ClN4/c17-13-7-4-8-14(9-13)20-15-11-19-21-16(15)18-10-12-5-2-1-3-6-12/h4,7-9,11-12,20H,1-3,5-6,10H2,(H2,18,19,21). The highest BCUT2D eigenvalue weighted by Crippen LogP contribution is 2.27. The van der Waals surface area contributed by atoms with E-state index in [1.807, 2.05) is 24.3 Å². The second-order valence-corrected chi connectivity index (χ2v) is 6.12. The van der Waals surface area contributed by atoms with E-state index in [1.54, 1.807) is 6.20 Å². The molecule has 0 spiro atoms. The maximum atomic E-state index is 6.01. The molecule has 112 valence electrons. The molecule has 0 unspecified atom stereocenters. The topological polar surface area (TPSA) is 52.7 Å². The Labute approximate surface area is 130 Å². The first kappa shape index (κ1) is 14.3. The van der Waals surface area contributed by atoms with Gasteiger partial charge in [0.1, 0.15) is 11.5 Å². The van der Waals surface area contributed by atoms with Crippen molar-refractivity contribution in [1.82, 2.24) is 10.2 Å². The molecule has 2 aromatic rings. The summed E-state index contributed by atoms with van der Waals surface area (Å²) < 4.78 is 0. The predicted octanol–water partition coefficient (Wildman–Crippen LogP) is 4.80. The zero-order chi connectivity index (χ0) is 14.5. The molecule has 4 nitrogen and oxygen atoms in total. The van der Waals surface area contributed by atoms with Crippen LogP contribution in [-0.4, -0.2) is 16.7 Å². The van der Waals surface area contributed by atoms with Gasteiger partial charge in [-0.1, -0.05) is 36.9 Å². The van der Waals surface area contributed by atoms with Gasteiger partial charge in [0, 0.05) is 17.3 Å². The minimum Gasteiger partial charge on any atom is -0.368 e. The Kier molecular flexibility index (Phi) is 4.65.